The molecule has 2 aliphatic rings. The molecule has 0 amide bonds. The summed E-state index contributed by atoms with van der Waals surface area (Å²) in [6.45, 7) is 9.24. The van der Waals surface area contributed by atoms with Crippen molar-refractivity contribution in [2.45, 2.75) is 51.2 Å². The normalized spacial score (nSPS) is 27.6. The molecule has 2 fully saturated rings. The van der Waals surface area contributed by atoms with Crippen LogP contribution in [0, 0.1) is 0 Å². The third kappa shape index (κ3) is 2.65. The molecule has 2 unspecified atom stereocenters. The van der Waals surface area contributed by atoms with Crippen molar-refractivity contribution in [3.8, 4) is 0 Å². The van der Waals surface area contributed by atoms with Gasteiger partial charge in [-0.3, -0.25) is 4.90 Å². The number of anilines is 1. The fourth-order valence-electron chi connectivity index (χ4n) is 2.99. The molecule has 0 aromatic carbocycles. The second kappa shape index (κ2) is 4.97. The van der Waals surface area contributed by atoms with E-state index in [2.05, 4.69) is 30.7 Å². The van der Waals surface area contributed by atoms with E-state index < -0.39 is 0 Å². The predicted molar refractivity (Wildman–Crippen MR) is 78.4 cm³/mol. The zero-order valence-corrected chi connectivity index (χ0v) is 12.6. The third-order valence-corrected chi connectivity index (χ3v) is 4.21. The smallest absolute Gasteiger partial charge is 0.161 e. The van der Waals surface area contributed by atoms with Crippen molar-refractivity contribution in [1.82, 2.24) is 14.9 Å². The van der Waals surface area contributed by atoms with Gasteiger partial charge in [-0.1, -0.05) is 20.8 Å². The zero-order chi connectivity index (χ0) is 14.3. The van der Waals surface area contributed by atoms with Crippen molar-refractivity contribution in [2.75, 3.05) is 25.4 Å². The Kier molecular flexibility index (Phi) is 3.42. The van der Waals surface area contributed by atoms with Gasteiger partial charge in [-0.2, -0.15) is 0 Å². The molecule has 0 saturated carbocycles. The summed E-state index contributed by atoms with van der Waals surface area (Å²) in [5, 5.41) is 0. The van der Waals surface area contributed by atoms with Crippen LogP contribution < -0.4 is 5.73 Å². The van der Waals surface area contributed by atoms with Gasteiger partial charge in [0.2, 0.25) is 0 Å². The molecule has 5 heteroatoms. The Bertz CT molecular complexity index is 497. The van der Waals surface area contributed by atoms with Crippen molar-refractivity contribution in [3.63, 3.8) is 0 Å². The van der Waals surface area contributed by atoms with E-state index in [1.54, 1.807) is 0 Å². The summed E-state index contributed by atoms with van der Waals surface area (Å²) in [6.07, 6.45) is 2.47. The van der Waals surface area contributed by atoms with Gasteiger partial charge < -0.3 is 10.5 Å². The van der Waals surface area contributed by atoms with Crippen LogP contribution in [0.5, 0.6) is 0 Å². The first-order valence-electron chi connectivity index (χ1n) is 7.44. The molecule has 0 aliphatic carbocycles. The van der Waals surface area contributed by atoms with Crippen LogP contribution in [0.2, 0.25) is 0 Å². The minimum absolute atomic E-state index is 0.0311. The van der Waals surface area contributed by atoms with E-state index >= 15 is 0 Å². The number of nitrogens with zero attached hydrogens (tertiary/aromatic N) is 3. The Morgan fingerprint density at radius 3 is 2.90 bits per heavy atom. The van der Waals surface area contributed by atoms with Crippen molar-refractivity contribution in [1.29, 1.82) is 0 Å². The molecule has 3 rings (SSSR count). The SMILES string of the molecule is CC(C)(C)c1cc(N)nc(C2CN3CCCC3CO2)n1. The largest absolute Gasteiger partial charge is 0.384 e. The molecule has 2 aliphatic heterocycles. The highest BCUT2D eigenvalue weighted by Gasteiger charge is 2.34. The second-order valence-electron chi connectivity index (χ2n) is 6.90. The van der Waals surface area contributed by atoms with E-state index in [-0.39, 0.29) is 11.5 Å². The number of ether oxygens (including phenoxy) is 1. The summed E-state index contributed by atoms with van der Waals surface area (Å²) in [5.74, 6) is 1.27. The van der Waals surface area contributed by atoms with Crippen molar-refractivity contribution < 1.29 is 4.74 Å². The number of fused-ring (bicyclic) bond motifs is 1. The van der Waals surface area contributed by atoms with Crippen LogP contribution in [-0.2, 0) is 10.2 Å². The van der Waals surface area contributed by atoms with Crippen LogP contribution in [0.3, 0.4) is 0 Å². The molecule has 20 heavy (non-hydrogen) atoms. The van der Waals surface area contributed by atoms with E-state index in [1.165, 1.54) is 19.4 Å². The van der Waals surface area contributed by atoms with Gasteiger partial charge in [-0.25, -0.2) is 9.97 Å². The molecule has 2 saturated heterocycles. The average Bonchev–Trinajstić information content (AvgIpc) is 2.84. The van der Waals surface area contributed by atoms with E-state index in [0.717, 1.165) is 24.7 Å². The van der Waals surface area contributed by atoms with Gasteiger partial charge in [0, 0.05) is 24.1 Å². The molecule has 2 N–H and O–H groups in total. The van der Waals surface area contributed by atoms with Gasteiger partial charge in [0.05, 0.1) is 12.3 Å². The first kappa shape index (κ1) is 13.8. The zero-order valence-electron chi connectivity index (χ0n) is 12.6. The molecule has 5 nitrogen and oxygen atoms in total. The lowest BCUT2D eigenvalue weighted by molar-refractivity contribution is -0.0542. The van der Waals surface area contributed by atoms with Crippen molar-refractivity contribution in [2.24, 2.45) is 0 Å². The number of hydrogen-bond acceptors (Lipinski definition) is 5. The van der Waals surface area contributed by atoms with Crippen LogP contribution in [0.4, 0.5) is 5.82 Å². The Labute approximate surface area is 120 Å². The van der Waals surface area contributed by atoms with Crippen molar-refractivity contribution >= 4 is 5.82 Å². The number of aromatic nitrogens is 2. The quantitative estimate of drug-likeness (QED) is 0.848. The summed E-state index contributed by atoms with van der Waals surface area (Å²) in [7, 11) is 0. The standard InChI is InChI=1S/C15H24N4O/c1-15(2,3)12-7-13(16)18-14(17-12)11-8-19-6-4-5-10(19)9-20-11/h7,10-11H,4-6,8-9H2,1-3H3,(H2,16,17,18). The highest BCUT2D eigenvalue weighted by molar-refractivity contribution is 5.33. The number of nitrogen functional groups attached to an aromatic ring is 1. The van der Waals surface area contributed by atoms with Crippen molar-refractivity contribution in [3.05, 3.63) is 17.6 Å². The summed E-state index contributed by atoms with van der Waals surface area (Å²) in [4.78, 5) is 11.6. The van der Waals surface area contributed by atoms with Crippen LogP contribution in [0.15, 0.2) is 6.07 Å². The van der Waals surface area contributed by atoms with Gasteiger partial charge in [0.1, 0.15) is 11.9 Å². The molecule has 3 heterocycles. The van der Waals surface area contributed by atoms with Crippen LogP contribution in [-0.4, -0.2) is 40.6 Å². The van der Waals surface area contributed by atoms with Gasteiger partial charge >= 0.3 is 0 Å². The Balaban J connectivity index is 1.85. The summed E-state index contributed by atoms with van der Waals surface area (Å²) >= 11 is 0. The van der Waals surface area contributed by atoms with E-state index in [9.17, 15) is 0 Å². The first-order valence-corrected chi connectivity index (χ1v) is 7.44. The Morgan fingerprint density at radius 1 is 1.35 bits per heavy atom. The summed E-state index contributed by atoms with van der Waals surface area (Å²) < 4.78 is 5.98. The molecule has 1 aromatic rings. The van der Waals surface area contributed by atoms with Gasteiger partial charge in [-0.15, -0.1) is 0 Å². The number of morpholine rings is 1. The lowest BCUT2D eigenvalue weighted by atomic mass is 9.92. The highest BCUT2D eigenvalue weighted by atomic mass is 16.5. The third-order valence-electron chi connectivity index (χ3n) is 4.21. The Hall–Kier alpha value is -1.20. The molecule has 0 spiro atoms. The second-order valence-corrected chi connectivity index (χ2v) is 6.90. The molecule has 0 radical (unpaired) electrons. The van der Waals surface area contributed by atoms with Gasteiger partial charge in [0.25, 0.3) is 0 Å². The fourth-order valence-corrected chi connectivity index (χ4v) is 2.99. The van der Waals surface area contributed by atoms with Gasteiger partial charge in [0.15, 0.2) is 5.82 Å². The van der Waals surface area contributed by atoms with Crippen LogP contribution in [0.1, 0.15) is 51.2 Å². The lowest BCUT2D eigenvalue weighted by Crippen LogP contribution is -2.43. The molecular weight excluding hydrogens is 252 g/mol. The van der Waals surface area contributed by atoms with Crippen LogP contribution in [0.25, 0.3) is 0 Å². The fraction of sp³-hybridized carbons (Fsp3) is 0.733. The number of hydrogen-bond donors (Lipinski definition) is 1. The average molecular weight is 276 g/mol. The molecule has 0 bridgehead atoms. The number of rotatable bonds is 1. The van der Waals surface area contributed by atoms with E-state index in [4.69, 9.17) is 15.5 Å². The molecular formula is C15H24N4O. The monoisotopic (exact) mass is 276 g/mol. The molecule has 2 atom stereocenters. The van der Waals surface area contributed by atoms with Crippen LogP contribution >= 0.6 is 0 Å². The topological polar surface area (TPSA) is 64.3 Å². The highest BCUT2D eigenvalue weighted by Crippen LogP contribution is 2.30. The predicted octanol–water partition coefficient (Wildman–Crippen LogP) is 1.89. The summed E-state index contributed by atoms with van der Waals surface area (Å²) in [5.41, 5.74) is 6.90. The van der Waals surface area contributed by atoms with E-state index in [1.807, 2.05) is 6.07 Å². The van der Waals surface area contributed by atoms with Gasteiger partial charge in [-0.05, 0) is 19.4 Å². The Morgan fingerprint density at radius 2 is 2.15 bits per heavy atom. The maximum atomic E-state index is 5.98. The number of nitrogens with two attached hydrogens (primary N) is 1. The maximum Gasteiger partial charge on any atom is 0.161 e. The summed E-state index contributed by atoms with van der Waals surface area (Å²) in [6, 6.07) is 2.46. The van der Waals surface area contributed by atoms with E-state index in [0.29, 0.717) is 11.9 Å². The maximum absolute atomic E-state index is 5.98. The molecule has 1 aromatic heterocycles. The lowest BCUT2D eigenvalue weighted by Gasteiger charge is -2.34. The molecule has 110 valence electrons. The first-order chi connectivity index (χ1) is 9.43. The minimum Gasteiger partial charge on any atom is -0.384 e. The minimum atomic E-state index is -0.0473.